The van der Waals surface area contributed by atoms with Crippen molar-refractivity contribution in [2.45, 2.75) is 26.3 Å². The normalized spacial score (nSPS) is 11.8. The minimum atomic E-state index is -0.109. The lowest BCUT2D eigenvalue weighted by Crippen LogP contribution is -2.27. The first kappa shape index (κ1) is 16.8. The first-order valence-electron chi connectivity index (χ1n) is 8.49. The summed E-state index contributed by atoms with van der Waals surface area (Å²) < 4.78 is 2.96. The molecule has 4 rings (SSSR count). The number of hydrogen-bond donors (Lipinski definition) is 2. The molecule has 0 saturated carbocycles. The fraction of sp³-hybridized carbons (Fsp3) is 0.200. The highest BCUT2D eigenvalue weighted by atomic mass is 79.9. The van der Waals surface area contributed by atoms with Gasteiger partial charge in [-0.05, 0) is 32.9 Å². The second-order valence-corrected chi connectivity index (χ2v) is 8.18. The van der Waals surface area contributed by atoms with E-state index in [1.807, 2.05) is 47.0 Å². The van der Waals surface area contributed by atoms with Crippen molar-refractivity contribution < 1.29 is 0 Å². The number of rotatable bonds is 3. The van der Waals surface area contributed by atoms with Crippen LogP contribution in [0.5, 0.6) is 0 Å². The summed E-state index contributed by atoms with van der Waals surface area (Å²) in [4.78, 5) is 9.47. The molecule has 0 spiro atoms. The fourth-order valence-electron chi connectivity index (χ4n) is 2.83. The number of benzene rings is 2. The van der Waals surface area contributed by atoms with Gasteiger partial charge in [-0.2, -0.15) is 4.98 Å². The van der Waals surface area contributed by atoms with Crippen LogP contribution in [0.4, 0.5) is 5.82 Å². The van der Waals surface area contributed by atoms with E-state index >= 15 is 0 Å². The van der Waals surface area contributed by atoms with Gasteiger partial charge in [-0.1, -0.05) is 58.4 Å². The van der Waals surface area contributed by atoms with Crippen LogP contribution >= 0.6 is 15.9 Å². The molecule has 0 bridgehead atoms. The number of aromatic nitrogens is 4. The smallest absolute Gasteiger partial charge is 0.253 e. The zero-order valence-electron chi connectivity index (χ0n) is 14.9. The van der Waals surface area contributed by atoms with Gasteiger partial charge in [0.1, 0.15) is 5.69 Å². The Kier molecular flexibility index (Phi) is 4.07. The van der Waals surface area contributed by atoms with Crippen molar-refractivity contribution in [3.63, 3.8) is 0 Å². The third kappa shape index (κ3) is 3.24. The van der Waals surface area contributed by atoms with Crippen molar-refractivity contribution >= 4 is 27.5 Å². The van der Waals surface area contributed by atoms with Gasteiger partial charge in [0.15, 0.2) is 11.6 Å². The number of nitrogens with one attached hydrogen (secondary N) is 2. The summed E-state index contributed by atoms with van der Waals surface area (Å²) in [6, 6.07) is 18.2. The second kappa shape index (κ2) is 6.29. The average molecular weight is 410 g/mol. The van der Waals surface area contributed by atoms with E-state index in [1.54, 1.807) is 0 Å². The van der Waals surface area contributed by atoms with Crippen molar-refractivity contribution in [3.8, 4) is 22.6 Å². The maximum absolute atomic E-state index is 4.78. The van der Waals surface area contributed by atoms with E-state index in [0.29, 0.717) is 5.78 Å². The SMILES string of the molecule is CC(C)(C)Nc1c(-c2ccccc2)nc2nc(-c3ccc(Br)cc3)[nH]n12. The van der Waals surface area contributed by atoms with E-state index < -0.39 is 0 Å². The summed E-state index contributed by atoms with van der Waals surface area (Å²) in [7, 11) is 0. The Hall–Kier alpha value is -2.60. The third-order valence-corrected chi connectivity index (χ3v) is 4.48. The van der Waals surface area contributed by atoms with Gasteiger partial charge in [-0.25, -0.2) is 9.50 Å². The molecule has 0 fully saturated rings. The molecule has 2 aromatic heterocycles. The maximum atomic E-state index is 4.78. The summed E-state index contributed by atoms with van der Waals surface area (Å²) in [6.07, 6.45) is 0. The van der Waals surface area contributed by atoms with Crippen LogP contribution in [0.25, 0.3) is 28.4 Å². The molecule has 4 aromatic rings. The lowest BCUT2D eigenvalue weighted by molar-refractivity contribution is 0.627. The fourth-order valence-corrected chi connectivity index (χ4v) is 3.09. The van der Waals surface area contributed by atoms with E-state index in [4.69, 9.17) is 9.97 Å². The molecule has 2 N–H and O–H groups in total. The van der Waals surface area contributed by atoms with E-state index in [1.165, 1.54) is 0 Å². The zero-order valence-corrected chi connectivity index (χ0v) is 16.5. The first-order chi connectivity index (χ1) is 12.4. The van der Waals surface area contributed by atoms with Crippen molar-refractivity contribution in [2.75, 3.05) is 5.32 Å². The van der Waals surface area contributed by atoms with Crippen molar-refractivity contribution in [1.82, 2.24) is 19.6 Å². The van der Waals surface area contributed by atoms with Crippen LogP contribution in [-0.4, -0.2) is 25.1 Å². The second-order valence-electron chi connectivity index (χ2n) is 7.26. The van der Waals surface area contributed by atoms with Crippen LogP contribution in [-0.2, 0) is 0 Å². The van der Waals surface area contributed by atoms with Gasteiger partial charge < -0.3 is 5.32 Å². The van der Waals surface area contributed by atoms with Crippen molar-refractivity contribution in [2.24, 2.45) is 0 Å². The number of nitrogens with zero attached hydrogens (tertiary/aromatic N) is 3. The predicted octanol–water partition coefficient (Wildman–Crippen LogP) is 5.36. The molecule has 0 aliphatic heterocycles. The Morgan fingerprint density at radius 2 is 1.62 bits per heavy atom. The molecule has 0 saturated heterocycles. The van der Waals surface area contributed by atoms with Crippen LogP contribution in [0.2, 0.25) is 0 Å². The van der Waals surface area contributed by atoms with Gasteiger partial charge >= 0.3 is 0 Å². The van der Waals surface area contributed by atoms with E-state index in [0.717, 1.165) is 32.9 Å². The lowest BCUT2D eigenvalue weighted by atomic mass is 10.1. The molecular weight excluding hydrogens is 390 g/mol. The van der Waals surface area contributed by atoms with Gasteiger partial charge in [-0.3, -0.25) is 5.10 Å². The number of hydrogen-bond acceptors (Lipinski definition) is 3. The Morgan fingerprint density at radius 1 is 0.923 bits per heavy atom. The molecule has 6 heteroatoms. The molecule has 5 nitrogen and oxygen atoms in total. The molecule has 2 aromatic carbocycles. The Balaban J connectivity index is 1.87. The van der Waals surface area contributed by atoms with E-state index in [2.05, 4.69) is 59.2 Å². The Bertz CT molecular complexity index is 1040. The Morgan fingerprint density at radius 3 is 2.27 bits per heavy atom. The molecule has 26 heavy (non-hydrogen) atoms. The zero-order chi connectivity index (χ0) is 18.3. The molecule has 0 radical (unpaired) electrons. The van der Waals surface area contributed by atoms with E-state index in [9.17, 15) is 0 Å². The summed E-state index contributed by atoms with van der Waals surface area (Å²) in [5.41, 5.74) is 2.86. The summed E-state index contributed by atoms with van der Waals surface area (Å²) in [5, 5.41) is 6.94. The number of fused-ring (bicyclic) bond motifs is 1. The molecule has 0 aliphatic rings. The predicted molar refractivity (Wildman–Crippen MR) is 109 cm³/mol. The van der Waals surface area contributed by atoms with Crippen LogP contribution in [0.1, 0.15) is 20.8 Å². The highest BCUT2D eigenvalue weighted by Crippen LogP contribution is 2.31. The van der Waals surface area contributed by atoms with Crippen molar-refractivity contribution in [1.29, 1.82) is 0 Å². The molecular formula is C20H20BrN5. The minimum absolute atomic E-state index is 0.109. The van der Waals surface area contributed by atoms with Gasteiger partial charge in [0.05, 0.1) is 0 Å². The molecule has 132 valence electrons. The molecule has 0 amide bonds. The summed E-state index contributed by atoms with van der Waals surface area (Å²) in [5.74, 6) is 2.35. The van der Waals surface area contributed by atoms with Crippen LogP contribution in [0.3, 0.4) is 0 Å². The number of halogens is 1. The van der Waals surface area contributed by atoms with Gasteiger partial charge in [0, 0.05) is 21.1 Å². The van der Waals surface area contributed by atoms with Gasteiger partial charge in [-0.15, -0.1) is 0 Å². The minimum Gasteiger partial charge on any atom is -0.364 e. The number of anilines is 1. The van der Waals surface area contributed by atoms with Gasteiger partial charge in [0.25, 0.3) is 5.78 Å². The monoisotopic (exact) mass is 409 g/mol. The van der Waals surface area contributed by atoms with Crippen LogP contribution < -0.4 is 5.32 Å². The highest BCUT2D eigenvalue weighted by Gasteiger charge is 2.21. The molecule has 0 atom stereocenters. The first-order valence-corrected chi connectivity index (χ1v) is 9.28. The lowest BCUT2D eigenvalue weighted by Gasteiger charge is -2.22. The van der Waals surface area contributed by atoms with E-state index in [-0.39, 0.29) is 5.54 Å². The van der Waals surface area contributed by atoms with Crippen molar-refractivity contribution in [3.05, 3.63) is 59.1 Å². The topological polar surface area (TPSA) is 58.0 Å². The molecule has 0 aliphatic carbocycles. The number of imidazole rings is 1. The maximum Gasteiger partial charge on any atom is 0.253 e. The average Bonchev–Trinajstić information content (AvgIpc) is 3.15. The number of aromatic amines is 1. The summed E-state index contributed by atoms with van der Waals surface area (Å²) in [6.45, 7) is 6.40. The van der Waals surface area contributed by atoms with Crippen LogP contribution in [0.15, 0.2) is 59.1 Å². The standard InChI is InChI=1S/C20H20BrN5/c1-20(2,3)24-18-16(13-7-5-4-6-8-13)22-19-23-17(25-26(18)19)14-9-11-15(21)12-10-14/h4-12,24H,1-3H3,(H,22,23,25). The quantitative estimate of drug-likeness (QED) is 0.478. The number of H-pyrrole nitrogens is 1. The molecule has 0 unspecified atom stereocenters. The largest absolute Gasteiger partial charge is 0.364 e. The Labute approximate surface area is 160 Å². The molecule has 2 heterocycles. The highest BCUT2D eigenvalue weighted by molar-refractivity contribution is 9.10. The summed E-state index contributed by atoms with van der Waals surface area (Å²) >= 11 is 3.47. The van der Waals surface area contributed by atoms with Crippen LogP contribution in [0, 0.1) is 0 Å². The third-order valence-electron chi connectivity index (χ3n) is 3.95. The van der Waals surface area contributed by atoms with Gasteiger partial charge in [0.2, 0.25) is 0 Å².